The number of hydrogen-bond acceptors (Lipinski definition) is 3. The van der Waals surface area contributed by atoms with Crippen LogP contribution in [0, 0.1) is 17.4 Å². The molecule has 72 valence electrons. The molecule has 0 saturated carbocycles. The normalized spacial score (nSPS) is 17.8. The van der Waals surface area contributed by atoms with Crippen LogP contribution in [0.25, 0.3) is 0 Å². The Morgan fingerprint density at radius 3 is 2.85 bits per heavy atom. The first-order valence-electron chi connectivity index (χ1n) is 4.71. The summed E-state index contributed by atoms with van der Waals surface area (Å²) in [6.07, 6.45) is 5.34. The first kappa shape index (κ1) is 10.0. The quantitative estimate of drug-likeness (QED) is 0.488. The van der Waals surface area contributed by atoms with Gasteiger partial charge in [-0.15, -0.1) is 0 Å². The Hall–Kier alpha value is -1.08. The standard InChI is InChI=1S/C9H15N3O/c10-7-12-9(13)2-1-8-3-5-11-6-4-8/h8,11H,1-6H2,(H,12,13). The van der Waals surface area contributed by atoms with E-state index in [0.29, 0.717) is 12.3 Å². The van der Waals surface area contributed by atoms with Crippen molar-refractivity contribution in [2.45, 2.75) is 25.7 Å². The van der Waals surface area contributed by atoms with Crippen LogP contribution < -0.4 is 10.6 Å². The van der Waals surface area contributed by atoms with Crippen molar-refractivity contribution < 1.29 is 4.79 Å². The number of nitriles is 1. The first-order chi connectivity index (χ1) is 6.33. The number of piperidine rings is 1. The van der Waals surface area contributed by atoms with E-state index in [9.17, 15) is 4.79 Å². The van der Waals surface area contributed by atoms with Gasteiger partial charge in [-0.2, -0.15) is 5.26 Å². The second-order valence-electron chi connectivity index (χ2n) is 3.39. The highest BCUT2D eigenvalue weighted by atomic mass is 16.1. The molecule has 0 unspecified atom stereocenters. The van der Waals surface area contributed by atoms with Crippen molar-refractivity contribution >= 4 is 5.91 Å². The Kier molecular flexibility index (Phi) is 4.27. The predicted molar refractivity (Wildman–Crippen MR) is 48.6 cm³/mol. The van der Waals surface area contributed by atoms with Crippen LogP contribution in [0.15, 0.2) is 0 Å². The van der Waals surface area contributed by atoms with E-state index >= 15 is 0 Å². The number of nitrogens with zero attached hydrogens (tertiary/aromatic N) is 1. The number of nitrogens with one attached hydrogen (secondary N) is 2. The van der Waals surface area contributed by atoms with Gasteiger partial charge in [-0.3, -0.25) is 10.1 Å². The third kappa shape index (κ3) is 3.90. The zero-order valence-corrected chi connectivity index (χ0v) is 7.68. The van der Waals surface area contributed by atoms with Crippen molar-refractivity contribution in [3.63, 3.8) is 0 Å². The molecule has 1 rings (SSSR count). The molecule has 1 heterocycles. The minimum Gasteiger partial charge on any atom is -0.317 e. The van der Waals surface area contributed by atoms with Crippen LogP contribution in [0.2, 0.25) is 0 Å². The second kappa shape index (κ2) is 5.55. The molecule has 1 aliphatic rings. The van der Waals surface area contributed by atoms with Crippen LogP contribution >= 0.6 is 0 Å². The van der Waals surface area contributed by atoms with Gasteiger partial charge in [-0.25, -0.2) is 0 Å². The number of hydrogen-bond donors (Lipinski definition) is 2. The lowest BCUT2D eigenvalue weighted by molar-refractivity contribution is -0.120. The van der Waals surface area contributed by atoms with Crippen molar-refractivity contribution in [3.8, 4) is 6.19 Å². The fourth-order valence-electron chi connectivity index (χ4n) is 1.63. The van der Waals surface area contributed by atoms with E-state index in [4.69, 9.17) is 5.26 Å². The van der Waals surface area contributed by atoms with Crippen LogP contribution in [0.4, 0.5) is 0 Å². The van der Waals surface area contributed by atoms with Crippen LogP contribution in [0.5, 0.6) is 0 Å². The molecule has 0 bridgehead atoms. The van der Waals surface area contributed by atoms with E-state index < -0.39 is 0 Å². The molecule has 4 heteroatoms. The van der Waals surface area contributed by atoms with E-state index in [0.717, 1.165) is 32.4 Å². The molecule has 0 aromatic rings. The smallest absolute Gasteiger partial charge is 0.232 e. The summed E-state index contributed by atoms with van der Waals surface area (Å²) < 4.78 is 0. The molecule has 2 N–H and O–H groups in total. The van der Waals surface area contributed by atoms with E-state index in [1.807, 2.05) is 0 Å². The van der Waals surface area contributed by atoms with Gasteiger partial charge in [0.05, 0.1) is 0 Å². The average molecular weight is 181 g/mol. The minimum atomic E-state index is -0.152. The highest BCUT2D eigenvalue weighted by molar-refractivity contribution is 5.77. The van der Waals surface area contributed by atoms with E-state index in [2.05, 4.69) is 10.6 Å². The van der Waals surface area contributed by atoms with Crippen LogP contribution in [-0.2, 0) is 4.79 Å². The summed E-state index contributed by atoms with van der Waals surface area (Å²) in [6, 6.07) is 0. The topological polar surface area (TPSA) is 64.9 Å². The SMILES string of the molecule is N#CNC(=O)CCC1CCNCC1. The molecular formula is C9H15N3O. The van der Waals surface area contributed by atoms with Gasteiger partial charge in [0.15, 0.2) is 6.19 Å². The summed E-state index contributed by atoms with van der Waals surface area (Å²) in [7, 11) is 0. The third-order valence-corrected chi connectivity index (χ3v) is 2.43. The van der Waals surface area contributed by atoms with E-state index in [1.54, 1.807) is 6.19 Å². The maximum atomic E-state index is 10.9. The van der Waals surface area contributed by atoms with Crippen molar-refractivity contribution in [2.24, 2.45) is 5.92 Å². The van der Waals surface area contributed by atoms with E-state index in [-0.39, 0.29) is 5.91 Å². The minimum absolute atomic E-state index is 0.152. The molecule has 1 aliphatic heterocycles. The molecule has 0 radical (unpaired) electrons. The van der Waals surface area contributed by atoms with Crippen molar-refractivity contribution in [1.29, 1.82) is 5.26 Å². The van der Waals surface area contributed by atoms with E-state index in [1.165, 1.54) is 0 Å². The van der Waals surface area contributed by atoms with Gasteiger partial charge in [0.2, 0.25) is 5.91 Å². The Balaban J connectivity index is 2.10. The Morgan fingerprint density at radius 1 is 1.54 bits per heavy atom. The first-order valence-corrected chi connectivity index (χ1v) is 4.71. The summed E-state index contributed by atoms with van der Waals surface area (Å²) in [6.45, 7) is 2.12. The van der Waals surface area contributed by atoms with Crippen LogP contribution in [-0.4, -0.2) is 19.0 Å². The summed E-state index contributed by atoms with van der Waals surface area (Å²) in [5, 5.41) is 13.6. The van der Waals surface area contributed by atoms with Crippen LogP contribution in [0.3, 0.4) is 0 Å². The summed E-state index contributed by atoms with van der Waals surface area (Å²) >= 11 is 0. The molecule has 0 aliphatic carbocycles. The average Bonchev–Trinajstić information content (AvgIpc) is 2.17. The van der Waals surface area contributed by atoms with Gasteiger partial charge in [0.1, 0.15) is 0 Å². The van der Waals surface area contributed by atoms with Gasteiger partial charge in [0, 0.05) is 6.42 Å². The van der Waals surface area contributed by atoms with Gasteiger partial charge in [-0.1, -0.05) is 0 Å². The van der Waals surface area contributed by atoms with Crippen molar-refractivity contribution in [1.82, 2.24) is 10.6 Å². The van der Waals surface area contributed by atoms with Gasteiger partial charge < -0.3 is 5.32 Å². The molecule has 1 amide bonds. The largest absolute Gasteiger partial charge is 0.317 e. The number of carbonyl (C=O) groups is 1. The molecule has 4 nitrogen and oxygen atoms in total. The lowest BCUT2D eigenvalue weighted by atomic mass is 9.93. The Morgan fingerprint density at radius 2 is 2.23 bits per heavy atom. The summed E-state index contributed by atoms with van der Waals surface area (Å²) in [5.74, 6) is 0.506. The molecule has 0 spiro atoms. The van der Waals surface area contributed by atoms with Gasteiger partial charge in [-0.05, 0) is 38.3 Å². The maximum Gasteiger partial charge on any atom is 0.232 e. The molecule has 1 fully saturated rings. The van der Waals surface area contributed by atoms with Gasteiger partial charge in [0.25, 0.3) is 0 Å². The molecule has 0 aromatic carbocycles. The second-order valence-corrected chi connectivity index (χ2v) is 3.39. The lowest BCUT2D eigenvalue weighted by Gasteiger charge is -2.21. The highest BCUT2D eigenvalue weighted by Gasteiger charge is 2.13. The zero-order chi connectivity index (χ0) is 9.52. The lowest BCUT2D eigenvalue weighted by Crippen LogP contribution is -2.28. The molecular weight excluding hydrogens is 166 g/mol. The Labute approximate surface area is 78.3 Å². The number of carbonyl (C=O) groups excluding carboxylic acids is 1. The van der Waals surface area contributed by atoms with Crippen molar-refractivity contribution in [2.75, 3.05) is 13.1 Å². The third-order valence-electron chi connectivity index (χ3n) is 2.43. The molecule has 13 heavy (non-hydrogen) atoms. The zero-order valence-electron chi connectivity index (χ0n) is 7.68. The summed E-state index contributed by atoms with van der Waals surface area (Å²) in [4.78, 5) is 10.9. The monoisotopic (exact) mass is 181 g/mol. The summed E-state index contributed by atoms with van der Waals surface area (Å²) in [5.41, 5.74) is 0. The fraction of sp³-hybridized carbons (Fsp3) is 0.778. The molecule has 1 saturated heterocycles. The number of rotatable bonds is 3. The van der Waals surface area contributed by atoms with Crippen molar-refractivity contribution in [3.05, 3.63) is 0 Å². The van der Waals surface area contributed by atoms with Crippen LogP contribution in [0.1, 0.15) is 25.7 Å². The molecule has 0 aromatic heterocycles. The fourth-order valence-corrected chi connectivity index (χ4v) is 1.63. The Bertz CT molecular complexity index is 203. The van der Waals surface area contributed by atoms with Gasteiger partial charge >= 0.3 is 0 Å². The molecule has 0 atom stereocenters. The predicted octanol–water partition coefficient (Wildman–Crippen LogP) is 0.363. The maximum absolute atomic E-state index is 10.9. The number of amides is 1. The highest BCUT2D eigenvalue weighted by Crippen LogP contribution is 2.17.